The van der Waals surface area contributed by atoms with Crippen molar-refractivity contribution in [2.75, 3.05) is 17.2 Å². The Morgan fingerprint density at radius 1 is 1.20 bits per heavy atom. The number of carbonyl (C=O) groups excluding carboxylic acids is 1. The summed E-state index contributed by atoms with van der Waals surface area (Å²) in [6.45, 7) is 0.930. The molecule has 1 aliphatic heterocycles. The molecule has 3 N–H and O–H groups in total. The van der Waals surface area contributed by atoms with Gasteiger partial charge in [-0.15, -0.1) is 0 Å². The van der Waals surface area contributed by atoms with Crippen LogP contribution in [0, 0.1) is 0 Å². The van der Waals surface area contributed by atoms with Crippen LogP contribution in [0.5, 0.6) is 0 Å². The summed E-state index contributed by atoms with van der Waals surface area (Å²) in [7, 11) is 0. The lowest BCUT2D eigenvalue weighted by Gasteiger charge is -2.12. The SMILES string of the molecule is O=C(Nc1ccc2c(c1)CCN2)C(O)c1ccccc1. The van der Waals surface area contributed by atoms with Crippen LogP contribution in [0.15, 0.2) is 48.5 Å². The Labute approximate surface area is 117 Å². The van der Waals surface area contributed by atoms with Gasteiger partial charge in [0, 0.05) is 17.9 Å². The van der Waals surface area contributed by atoms with Gasteiger partial charge in [-0.2, -0.15) is 0 Å². The predicted molar refractivity (Wildman–Crippen MR) is 78.7 cm³/mol. The van der Waals surface area contributed by atoms with Crippen LogP contribution < -0.4 is 10.6 Å². The van der Waals surface area contributed by atoms with Crippen LogP contribution in [0.4, 0.5) is 11.4 Å². The highest BCUT2D eigenvalue weighted by Gasteiger charge is 2.18. The number of anilines is 2. The molecule has 0 aliphatic carbocycles. The Morgan fingerprint density at radius 2 is 2.00 bits per heavy atom. The minimum atomic E-state index is -1.15. The maximum Gasteiger partial charge on any atom is 0.257 e. The van der Waals surface area contributed by atoms with Gasteiger partial charge >= 0.3 is 0 Å². The van der Waals surface area contributed by atoms with Crippen molar-refractivity contribution in [3.8, 4) is 0 Å². The van der Waals surface area contributed by atoms with Gasteiger partial charge in [0.15, 0.2) is 6.10 Å². The Bertz CT molecular complexity index is 626. The van der Waals surface area contributed by atoms with Gasteiger partial charge in [0.25, 0.3) is 5.91 Å². The molecule has 20 heavy (non-hydrogen) atoms. The van der Waals surface area contributed by atoms with Crippen LogP contribution in [0.2, 0.25) is 0 Å². The monoisotopic (exact) mass is 268 g/mol. The smallest absolute Gasteiger partial charge is 0.257 e. The number of aliphatic hydroxyl groups excluding tert-OH is 1. The minimum Gasteiger partial charge on any atom is -0.384 e. The van der Waals surface area contributed by atoms with Crippen molar-refractivity contribution >= 4 is 17.3 Å². The number of benzene rings is 2. The number of hydrogen-bond donors (Lipinski definition) is 3. The molecule has 102 valence electrons. The Hall–Kier alpha value is -2.33. The van der Waals surface area contributed by atoms with Crippen molar-refractivity contribution in [2.24, 2.45) is 0 Å². The summed E-state index contributed by atoms with van der Waals surface area (Å²) in [4.78, 5) is 12.0. The zero-order valence-electron chi connectivity index (χ0n) is 11.0. The summed E-state index contributed by atoms with van der Waals surface area (Å²) >= 11 is 0. The Kier molecular flexibility index (Phi) is 3.39. The fourth-order valence-electron chi connectivity index (χ4n) is 2.38. The van der Waals surface area contributed by atoms with Gasteiger partial charge in [-0.3, -0.25) is 4.79 Å². The van der Waals surface area contributed by atoms with Crippen LogP contribution in [-0.2, 0) is 11.2 Å². The number of aliphatic hydroxyl groups is 1. The molecule has 1 heterocycles. The molecule has 0 aromatic heterocycles. The number of rotatable bonds is 3. The number of carbonyl (C=O) groups is 1. The first kappa shape index (κ1) is 12.7. The third kappa shape index (κ3) is 2.51. The summed E-state index contributed by atoms with van der Waals surface area (Å²) in [6.07, 6.45) is -0.192. The van der Waals surface area contributed by atoms with E-state index in [-0.39, 0.29) is 0 Å². The van der Waals surface area contributed by atoms with E-state index in [9.17, 15) is 9.90 Å². The summed E-state index contributed by atoms with van der Waals surface area (Å²) in [5.74, 6) is -0.415. The van der Waals surface area contributed by atoms with Gasteiger partial charge in [-0.1, -0.05) is 30.3 Å². The fourth-order valence-corrected chi connectivity index (χ4v) is 2.38. The van der Waals surface area contributed by atoms with Gasteiger partial charge in [0.2, 0.25) is 0 Å². The highest BCUT2D eigenvalue weighted by Crippen LogP contribution is 2.26. The lowest BCUT2D eigenvalue weighted by Crippen LogP contribution is -2.20. The van der Waals surface area contributed by atoms with Crippen LogP contribution in [-0.4, -0.2) is 17.6 Å². The molecule has 2 aromatic rings. The second-order valence-electron chi connectivity index (χ2n) is 4.85. The zero-order valence-corrected chi connectivity index (χ0v) is 11.0. The predicted octanol–water partition coefficient (Wildman–Crippen LogP) is 2.33. The topological polar surface area (TPSA) is 61.4 Å². The number of amides is 1. The van der Waals surface area contributed by atoms with E-state index in [1.54, 1.807) is 24.3 Å². The van der Waals surface area contributed by atoms with Gasteiger partial charge in [-0.05, 0) is 35.7 Å². The Balaban J connectivity index is 1.73. The first-order valence-corrected chi connectivity index (χ1v) is 6.65. The third-order valence-corrected chi connectivity index (χ3v) is 3.45. The highest BCUT2D eigenvalue weighted by atomic mass is 16.3. The molecule has 0 saturated carbocycles. The van der Waals surface area contributed by atoms with Crippen molar-refractivity contribution in [1.82, 2.24) is 0 Å². The molecule has 4 heteroatoms. The van der Waals surface area contributed by atoms with E-state index in [1.165, 1.54) is 5.56 Å². The second-order valence-corrected chi connectivity index (χ2v) is 4.85. The van der Waals surface area contributed by atoms with Crippen molar-refractivity contribution in [3.63, 3.8) is 0 Å². The van der Waals surface area contributed by atoms with E-state index >= 15 is 0 Å². The molecule has 0 saturated heterocycles. The van der Waals surface area contributed by atoms with Crippen LogP contribution in [0.25, 0.3) is 0 Å². The molecule has 2 aromatic carbocycles. The van der Waals surface area contributed by atoms with E-state index in [4.69, 9.17) is 0 Å². The normalized spacial score (nSPS) is 14.2. The summed E-state index contributed by atoms with van der Waals surface area (Å²) in [5, 5.41) is 16.0. The quantitative estimate of drug-likeness (QED) is 0.800. The van der Waals surface area contributed by atoms with Crippen LogP contribution >= 0.6 is 0 Å². The molecule has 1 amide bonds. The van der Waals surface area contributed by atoms with Crippen molar-refractivity contribution in [3.05, 3.63) is 59.7 Å². The number of hydrogen-bond acceptors (Lipinski definition) is 3. The van der Waals surface area contributed by atoms with E-state index in [0.29, 0.717) is 11.3 Å². The van der Waals surface area contributed by atoms with Gasteiger partial charge in [-0.25, -0.2) is 0 Å². The summed E-state index contributed by atoms with van der Waals surface area (Å²) in [5.41, 5.74) is 3.61. The Morgan fingerprint density at radius 3 is 2.80 bits per heavy atom. The molecule has 1 aliphatic rings. The molecule has 0 fully saturated rings. The molecule has 0 bridgehead atoms. The van der Waals surface area contributed by atoms with Gasteiger partial charge in [0.05, 0.1) is 0 Å². The maximum atomic E-state index is 12.0. The van der Waals surface area contributed by atoms with E-state index in [1.807, 2.05) is 24.3 Å². The van der Waals surface area contributed by atoms with Crippen LogP contribution in [0.1, 0.15) is 17.2 Å². The summed E-state index contributed by atoms with van der Waals surface area (Å²) in [6, 6.07) is 14.7. The van der Waals surface area contributed by atoms with E-state index in [0.717, 1.165) is 18.7 Å². The fraction of sp³-hybridized carbons (Fsp3) is 0.188. The molecule has 4 nitrogen and oxygen atoms in total. The van der Waals surface area contributed by atoms with Gasteiger partial charge < -0.3 is 15.7 Å². The molecule has 1 atom stereocenters. The maximum absolute atomic E-state index is 12.0. The van der Waals surface area contributed by atoms with E-state index < -0.39 is 12.0 Å². The van der Waals surface area contributed by atoms with Crippen LogP contribution in [0.3, 0.4) is 0 Å². The van der Waals surface area contributed by atoms with Crippen molar-refractivity contribution in [2.45, 2.75) is 12.5 Å². The molecular weight excluding hydrogens is 252 g/mol. The second kappa shape index (κ2) is 5.35. The first-order valence-electron chi connectivity index (χ1n) is 6.65. The third-order valence-electron chi connectivity index (χ3n) is 3.45. The molecule has 0 radical (unpaired) electrons. The zero-order chi connectivity index (χ0) is 13.9. The van der Waals surface area contributed by atoms with Crippen molar-refractivity contribution < 1.29 is 9.90 Å². The lowest BCUT2D eigenvalue weighted by molar-refractivity contribution is -0.124. The van der Waals surface area contributed by atoms with Crippen molar-refractivity contribution in [1.29, 1.82) is 0 Å². The number of nitrogens with one attached hydrogen (secondary N) is 2. The largest absolute Gasteiger partial charge is 0.384 e. The lowest BCUT2D eigenvalue weighted by atomic mass is 10.1. The first-order chi connectivity index (χ1) is 9.74. The molecule has 0 spiro atoms. The highest BCUT2D eigenvalue weighted by molar-refractivity contribution is 5.95. The molecule has 1 unspecified atom stereocenters. The summed E-state index contributed by atoms with van der Waals surface area (Å²) < 4.78 is 0. The molecule has 3 rings (SSSR count). The standard InChI is InChI=1S/C16H16N2O2/c19-15(11-4-2-1-3-5-11)16(20)18-13-6-7-14-12(10-13)8-9-17-14/h1-7,10,15,17,19H,8-9H2,(H,18,20). The van der Waals surface area contributed by atoms with E-state index in [2.05, 4.69) is 10.6 Å². The average molecular weight is 268 g/mol. The average Bonchev–Trinajstić information content (AvgIpc) is 2.95. The minimum absolute atomic E-state index is 0.415. The van der Waals surface area contributed by atoms with Gasteiger partial charge in [0.1, 0.15) is 0 Å². The number of fused-ring (bicyclic) bond motifs is 1. The molecular formula is C16H16N2O2.